The first-order valence-electron chi connectivity index (χ1n) is 12.0. The van der Waals surface area contributed by atoms with Gasteiger partial charge in [0.25, 0.3) is 0 Å². The minimum absolute atomic E-state index is 0.00642. The molecule has 11 heteroatoms. The maximum Gasteiger partial charge on any atom is 0.471 e. The Kier molecular flexibility index (Phi) is 10.9. The minimum Gasteiger partial charge on any atom is -0.487 e. The first-order valence-corrected chi connectivity index (χ1v) is 12.8. The van der Waals surface area contributed by atoms with Crippen LogP contribution in [0, 0.1) is 5.82 Å². The topological polar surface area (TPSA) is 59.1 Å². The molecule has 212 valence electrons. The van der Waals surface area contributed by atoms with Crippen LogP contribution in [0.5, 0.6) is 5.75 Å². The maximum absolute atomic E-state index is 16.3. The van der Waals surface area contributed by atoms with E-state index in [4.69, 9.17) is 4.74 Å². The van der Waals surface area contributed by atoms with E-state index >= 15 is 4.39 Å². The second-order valence-electron chi connectivity index (χ2n) is 8.68. The number of halogens is 5. The van der Waals surface area contributed by atoms with Gasteiger partial charge >= 0.3 is 18.1 Å². The predicted octanol–water partition coefficient (Wildman–Crippen LogP) is 6.42. The Morgan fingerprint density at radius 3 is 2.15 bits per heavy atom. The van der Waals surface area contributed by atoms with Crippen molar-refractivity contribution in [1.82, 2.24) is 4.90 Å². The van der Waals surface area contributed by atoms with E-state index in [0.717, 1.165) is 12.7 Å². The largest absolute Gasteiger partial charge is 0.487 e. The molecule has 3 aromatic rings. The van der Waals surface area contributed by atoms with Crippen LogP contribution in [0.1, 0.15) is 16.7 Å². The lowest BCUT2D eigenvalue weighted by atomic mass is 10.1. The molecule has 0 saturated carbocycles. The van der Waals surface area contributed by atoms with E-state index in [-0.39, 0.29) is 33.8 Å². The van der Waals surface area contributed by atoms with Gasteiger partial charge < -0.3 is 9.47 Å². The summed E-state index contributed by atoms with van der Waals surface area (Å²) in [7, 11) is 0.950. The Labute approximate surface area is 237 Å². The molecule has 0 aliphatic rings. The molecule has 0 N–H and O–H groups in total. The number of nitrogens with zero attached hydrogens (tertiary/aromatic N) is 2. The highest BCUT2D eigenvalue weighted by Crippen LogP contribution is 2.40. The number of ether oxygens (including phenoxy) is 2. The van der Waals surface area contributed by atoms with E-state index < -0.39 is 36.1 Å². The third-order valence-corrected chi connectivity index (χ3v) is 6.49. The third kappa shape index (κ3) is 8.15. The van der Waals surface area contributed by atoms with Crippen LogP contribution < -0.4 is 9.64 Å². The van der Waals surface area contributed by atoms with Crippen molar-refractivity contribution in [3.05, 3.63) is 106 Å². The average Bonchev–Trinajstić information content (AvgIpc) is 2.93. The number of carbonyl (C=O) groups excluding carboxylic acids is 2. The van der Waals surface area contributed by atoms with Crippen molar-refractivity contribution >= 4 is 33.5 Å². The fraction of sp³-hybridized carbons (Fsp3) is 0.241. The highest BCUT2D eigenvalue weighted by atomic mass is 79.9. The van der Waals surface area contributed by atoms with Crippen LogP contribution in [0.25, 0.3) is 0 Å². The Bertz CT molecular complexity index is 1320. The number of amides is 1. The molecule has 0 saturated heterocycles. The van der Waals surface area contributed by atoms with E-state index in [1.807, 2.05) is 35.2 Å². The Morgan fingerprint density at radius 1 is 1.00 bits per heavy atom. The number of alkyl halides is 3. The zero-order valence-corrected chi connectivity index (χ0v) is 23.2. The summed E-state index contributed by atoms with van der Waals surface area (Å²) in [5.41, 5.74) is 0.712. The van der Waals surface area contributed by atoms with Crippen molar-refractivity contribution in [3.8, 4) is 5.75 Å². The standard InChI is InChI=1S/C29H27BrF4N2O4/c1-3-14-35(16-20-10-6-4-7-11-20)17-22-23(30)15-24(40-19-21-12-8-5-9-13-21)27(26(22)31)36(18-25(37)39-2)28(38)29(32,33)34/h3-13,15H,1,14,16-19H2,2H3. The van der Waals surface area contributed by atoms with Crippen molar-refractivity contribution in [2.75, 3.05) is 25.1 Å². The molecule has 0 radical (unpaired) electrons. The number of hydrogen-bond donors (Lipinski definition) is 0. The average molecular weight is 623 g/mol. The van der Waals surface area contributed by atoms with Crippen LogP contribution in [-0.4, -0.2) is 43.2 Å². The first-order chi connectivity index (χ1) is 19.0. The zero-order valence-electron chi connectivity index (χ0n) is 21.6. The van der Waals surface area contributed by atoms with Gasteiger partial charge in [0.1, 0.15) is 24.6 Å². The highest BCUT2D eigenvalue weighted by Gasteiger charge is 2.45. The van der Waals surface area contributed by atoms with Crippen LogP contribution >= 0.6 is 15.9 Å². The first kappa shape index (κ1) is 30.8. The van der Waals surface area contributed by atoms with Crippen molar-refractivity contribution in [3.63, 3.8) is 0 Å². The van der Waals surface area contributed by atoms with Crippen LogP contribution in [0.2, 0.25) is 0 Å². The Balaban J connectivity index is 2.12. The summed E-state index contributed by atoms with van der Waals surface area (Å²) in [6.45, 7) is 3.06. The number of methoxy groups -OCH3 is 1. The van der Waals surface area contributed by atoms with E-state index in [1.165, 1.54) is 6.07 Å². The van der Waals surface area contributed by atoms with Gasteiger partial charge in [0, 0.05) is 29.7 Å². The Morgan fingerprint density at radius 2 is 1.60 bits per heavy atom. The second-order valence-corrected chi connectivity index (χ2v) is 9.54. The molecule has 40 heavy (non-hydrogen) atoms. The molecule has 0 aliphatic heterocycles. The summed E-state index contributed by atoms with van der Waals surface area (Å²) in [4.78, 5) is 26.4. The molecule has 0 spiro atoms. The summed E-state index contributed by atoms with van der Waals surface area (Å²) in [5, 5.41) is 0. The minimum atomic E-state index is -5.41. The Hall–Kier alpha value is -3.70. The highest BCUT2D eigenvalue weighted by molar-refractivity contribution is 9.10. The fourth-order valence-corrected chi connectivity index (χ4v) is 4.41. The van der Waals surface area contributed by atoms with Gasteiger partial charge in [-0.15, -0.1) is 6.58 Å². The van der Waals surface area contributed by atoms with E-state index in [0.29, 0.717) is 18.7 Å². The summed E-state index contributed by atoms with van der Waals surface area (Å²) in [6.07, 6.45) is -3.80. The number of hydrogen-bond acceptors (Lipinski definition) is 5. The summed E-state index contributed by atoms with van der Waals surface area (Å²) < 4.78 is 67.7. The molecule has 3 aromatic carbocycles. The zero-order chi connectivity index (χ0) is 29.3. The molecular weight excluding hydrogens is 596 g/mol. The van der Waals surface area contributed by atoms with Crippen LogP contribution in [0.4, 0.5) is 23.2 Å². The van der Waals surface area contributed by atoms with Gasteiger partial charge in [-0.3, -0.25) is 19.4 Å². The fourth-order valence-electron chi connectivity index (χ4n) is 3.90. The lowest BCUT2D eigenvalue weighted by Gasteiger charge is -2.28. The molecule has 3 rings (SSSR count). The molecule has 1 amide bonds. The number of anilines is 1. The number of benzene rings is 3. The lowest BCUT2D eigenvalue weighted by Crippen LogP contribution is -2.45. The lowest BCUT2D eigenvalue weighted by molar-refractivity contribution is -0.171. The SMILES string of the molecule is C=CCN(Cc1ccccc1)Cc1c(Br)cc(OCc2ccccc2)c(N(CC(=O)OC)C(=O)C(F)(F)F)c1F. The third-order valence-electron chi connectivity index (χ3n) is 5.78. The van der Waals surface area contributed by atoms with Crippen molar-refractivity contribution in [1.29, 1.82) is 0 Å². The molecule has 0 heterocycles. The van der Waals surface area contributed by atoms with Gasteiger partial charge in [0.15, 0.2) is 5.82 Å². The molecular formula is C29H27BrF4N2O4. The summed E-state index contributed by atoms with van der Waals surface area (Å²) in [6, 6.07) is 19.3. The van der Waals surface area contributed by atoms with Crippen molar-refractivity contribution in [2.24, 2.45) is 0 Å². The van der Waals surface area contributed by atoms with Gasteiger partial charge in [0.2, 0.25) is 0 Å². The van der Waals surface area contributed by atoms with E-state index in [2.05, 4.69) is 27.2 Å². The molecule has 0 aromatic heterocycles. The second kappa shape index (κ2) is 14.1. The van der Waals surface area contributed by atoms with Gasteiger partial charge in [-0.1, -0.05) is 82.7 Å². The van der Waals surface area contributed by atoms with Gasteiger partial charge in [-0.25, -0.2) is 4.39 Å². The van der Waals surface area contributed by atoms with Gasteiger partial charge in [-0.2, -0.15) is 13.2 Å². The summed E-state index contributed by atoms with van der Waals surface area (Å²) in [5.74, 6) is -5.13. The van der Waals surface area contributed by atoms with Crippen molar-refractivity contribution in [2.45, 2.75) is 25.9 Å². The van der Waals surface area contributed by atoms with Crippen LogP contribution in [0.3, 0.4) is 0 Å². The monoisotopic (exact) mass is 622 g/mol. The number of carbonyl (C=O) groups is 2. The van der Waals surface area contributed by atoms with Crippen molar-refractivity contribution < 1.29 is 36.6 Å². The van der Waals surface area contributed by atoms with Gasteiger partial charge in [0.05, 0.1) is 7.11 Å². The maximum atomic E-state index is 16.3. The summed E-state index contributed by atoms with van der Waals surface area (Å²) >= 11 is 3.32. The van der Waals surface area contributed by atoms with E-state index in [1.54, 1.807) is 36.4 Å². The van der Waals surface area contributed by atoms with Crippen LogP contribution in [0.15, 0.2) is 83.9 Å². The number of rotatable bonds is 12. The normalized spacial score (nSPS) is 11.3. The number of esters is 1. The van der Waals surface area contributed by atoms with Gasteiger partial charge in [-0.05, 0) is 17.2 Å². The predicted molar refractivity (Wildman–Crippen MR) is 146 cm³/mol. The molecule has 0 aliphatic carbocycles. The van der Waals surface area contributed by atoms with E-state index in [9.17, 15) is 22.8 Å². The molecule has 0 atom stereocenters. The molecule has 0 bridgehead atoms. The quantitative estimate of drug-likeness (QED) is 0.132. The van der Waals surface area contributed by atoms with Crippen LogP contribution in [-0.2, 0) is 34.0 Å². The molecule has 0 unspecified atom stereocenters. The smallest absolute Gasteiger partial charge is 0.471 e. The molecule has 0 fully saturated rings. The molecule has 6 nitrogen and oxygen atoms in total.